The maximum atomic E-state index is 14.6. The average molecular weight is 545 g/mol. The first kappa shape index (κ1) is 32.3. The van der Waals surface area contributed by atoms with E-state index in [2.05, 4.69) is 4.74 Å². The number of rotatable bonds is 16. The monoisotopic (exact) mass is 544 g/mol. The summed E-state index contributed by atoms with van der Waals surface area (Å²) in [6.45, 7) is 5.48. The normalized spacial score (nSPS) is 26.8. The van der Waals surface area contributed by atoms with Crippen LogP contribution in [0.4, 0.5) is 8.78 Å². The van der Waals surface area contributed by atoms with Gasteiger partial charge in [-0.2, -0.15) is 8.78 Å². The van der Waals surface area contributed by atoms with Gasteiger partial charge in [-0.15, -0.1) is 0 Å². The van der Waals surface area contributed by atoms with Gasteiger partial charge in [-0.3, -0.25) is 14.4 Å². The van der Waals surface area contributed by atoms with Crippen LogP contribution in [-0.4, -0.2) is 55.9 Å². The average Bonchev–Trinajstić information content (AvgIpc) is 3.18. The minimum Gasteiger partial charge on any atom is -0.469 e. The first-order valence-electron chi connectivity index (χ1n) is 14.2. The lowest BCUT2D eigenvalue weighted by Crippen LogP contribution is -2.32. The van der Waals surface area contributed by atoms with Crippen molar-refractivity contribution in [2.75, 3.05) is 13.7 Å². The van der Waals surface area contributed by atoms with Gasteiger partial charge < -0.3 is 18.9 Å². The molecule has 2 rings (SSSR count). The summed E-state index contributed by atoms with van der Waals surface area (Å²) in [7, 11) is 1.37. The zero-order chi connectivity index (χ0) is 28.1. The summed E-state index contributed by atoms with van der Waals surface area (Å²) in [4.78, 5) is 35.7. The highest BCUT2D eigenvalue weighted by molar-refractivity contribution is 5.95. The fraction of sp³-hybridized carbons (Fsp3) is 0.828. The fourth-order valence-electron chi connectivity index (χ4n) is 5.35. The van der Waals surface area contributed by atoms with E-state index in [0.29, 0.717) is 32.3 Å². The molecule has 7 nitrogen and oxygen atoms in total. The summed E-state index contributed by atoms with van der Waals surface area (Å²) in [6, 6.07) is 0. The number of hydrogen-bond acceptors (Lipinski definition) is 7. The van der Waals surface area contributed by atoms with Crippen molar-refractivity contribution >= 4 is 17.7 Å². The molecule has 1 aliphatic heterocycles. The molecule has 6 atom stereocenters. The van der Waals surface area contributed by atoms with E-state index in [1.54, 1.807) is 13.0 Å². The lowest BCUT2D eigenvalue weighted by atomic mass is 9.87. The number of carbonyl (C=O) groups excluding carboxylic acids is 3. The van der Waals surface area contributed by atoms with E-state index >= 15 is 0 Å². The quantitative estimate of drug-likeness (QED) is 0.130. The maximum Gasteiger partial charge on any atom is 0.309 e. The van der Waals surface area contributed by atoms with Crippen molar-refractivity contribution in [2.24, 2.45) is 17.8 Å². The molecule has 0 spiro atoms. The minimum absolute atomic E-state index is 0.180. The zero-order valence-corrected chi connectivity index (χ0v) is 23.4. The van der Waals surface area contributed by atoms with E-state index in [1.165, 1.54) is 14.0 Å². The fourth-order valence-corrected chi connectivity index (χ4v) is 5.35. The summed E-state index contributed by atoms with van der Waals surface area (Å²) in [5.41, 5.74) is 0. The van der Waals surface area contributed by atoms with E-state index in [4.69, 9.17) is 14.2 Å². The second kappa shape index (κ2) is 16.3. The number of hydrogen-bond donors (Lipinski definition) is 0. The molecule has 38 heavy (non-hydrogen) atoms. The van der Waals surface area contributed by atoms with Crippen molar-refractivity contribution in [3.8, 4) is 0 Å². The predicted molar refractivity (Wildman–Crippen MR) is 138 cm³/mol. The van der Waals surface area contributed by atoms with Crippen molar-refractivity contribution in [1.29, 1.82) is 0 Å². The molecule has 1 heterocycles. The summed E-state index contributed by atoms with van der Waals surface area (Å²) < 4.78 is 51.5. The highest BCUT2D eigenvalue weighted by Crippen LogP contribution is 2.42. The number of esters is 2. The van der Waals surface area contributed by atoms with Gasteiger partial charge in [0.2, 0.25) is 5.78 Å². The van der Waals surface area contributed by atoms with Gasteiger partial charge >= 0.3 is 17.9 Å². The molecule has 9 heteroatoms. The molecule has 1 saturated heterocycles. The second-order valence-electron chi connectivity index (χ2n) is 10.8. The van der Waals surface area contributed by atoms with E-state index in [-0.39, 0.29) is 23.7 Å². The molecule has 1 saturated carbocycles. The smallest absolute Gasteiger partial charge is 0.309 e. The van der Waals surface area contributed by atoms with Gasteiger partial charge in [0.05, 0.1) is 13.2 Å². The van der Waals surface area contributed by atoms with Gasteiger partial charge in [0, 0.05) is 44.6 Å². The lowest BCUT2D eigenvalue weighted by molar-refractivity contribution is -0.193. The Balaban J connectivity index is 2.15. The molecular weight excluding hydrogens is 498 g/mol. The minimum atomic E-state index is -3.43. The van der Waals surface area contributed by atoms with Gasteiger partial charge in [0.1, 0.15) is 6.10 Å². The predicted octanol–water partition coefficient (Wildman–Crippen LogP) is 6.18. The van der Waals surface area contributed by atoms with Crippen LogP contribution < -0.4 is 0 Å². The number of alkyl halides is 2. The molecule has 218 valence electrons. The largest absolute Gasteiger partial charge is 0.469 e. The molecule has 0 aromatic rings. The Morgan fingerprint density at radius 1 is 1.11 bits per heavy atom. The summed E-state index contributed by atoms with van der Waals surface area (Å²) in [6.07, 6.45) is 8.73. The summed E-state index contributed by atoms with van der Waals surface area (Å²) in [5, 5.41) is 0. The molecule has 0 radical (unpaired) electrons. The Hall–Kier alpha value is -1.87. The number of halogens is 2. The molecule has 0 amide bonds. The van der Waals surface area contributed by atoms with Crippen LogP contribution in [0.3, 0.4) is 0 Å². The Bertz CT molecular complexity index is 779. The van der Waals surface area contributed by atoms with E-state index in [1.807, 2.05) is 6.92 Å². The first-order chi connectivity index (χ1) is 18.1. The van der Waals surface area contributed by atoms with Gasteiger partial charge in [-0.25, -0.2) is 0 Å². The molecule has 0 N–H and O–H groups in total. The Kier molecular flexibility index (Phi) is 13.9. The SMILES string of the molecule is CC[C@H](C)CC(F)(F)C(=O)/C=C/[C@H]1C(OC2CCCCO2)CC(OC(C)=O)C1CCCCCCC(=O)OC. The maximum absolute atomic E-state index is 14.6. The Morgan fingerprint density at radius 3 is 2.47 bits per heavy atom. The molecule has 2 aliphatic rings. The van der Waals surface area contributed by atoms with Gasteiger partial charge in [-0.05, 0) is 44.1 Å². The standard InChI is InChI=1S/C29H46F2O7/c1-5-20(2)19-29(30,31)26(33)16-15-23-22(12-8-6-7-9-13-27(34)35-4)24(37-21(3)32)18-25(23)38-28-14-10-11-17-36-28/h15-16,20,22-25,28H,5-14,17-19H2,1-4H3/b16-15+/t20-,22?,23+,24?,25?,28?/m0/s1. The van der Waals surface area contributed by atoms with Gasteiger partial charge in [0.25, 0.3) is 0 Å². The number of unbranched alkanes of at least 4 members (excludes halogenated alkanes) is 3. The lowest BCUT2D eigenvalue weighted by Gasteiger charge is -2.29. The topological polar surface area (TPSA) is 88.1 Å². The molecule has 2 fully saturated rings. The Morgan fingerprint density at radius 2 is 1.84 bits per heavy atom. The van der Waals surface area contributed by atoms with Crippen molar-refractivity contribution in [2.45, 2.75) is 122 Å². The molecule has 0 aromatic carbocycles. The van der Waals surface area contributed by atoms with E-state index in [9.17, 15) is 23.2 Å². The Labute approximate surface area is 226 Å². The number of methoxy groups -OCH3 is 1. The van der Waals surface area contributed by atoms with Crippen molar-refractivity contribution in [3.63, 3.8) is 0 Å². The molecule has 4 unspecified atom stereocenters. The van der Waals surface area contributed by atoms with Crippen LogP contribution in [0.15, 0.2) is 12.2 Å². The first-order valence-corrected chi connectivity index (χ1v) is 14.2. The second-order valence-corrected chi connectivity index (χ2v) is 10.8. The summed E-state index contributed by atoms with van der Waals surface area (Å²) in [5.74, 6) is -6.11. The van der Waals surface area contributed by atoms with Crippen LogP contribution in [0.5, 0.6) is 0 Å². The van der Waals surface area contributed by atoms with Crippen LogP contribution in [-0.2, 0) is 33.3 Å². The highest BCUT2D eigenvalue weighted by Gasteiger charge is 2.46. The van der Waals surface area contributed by atoms with Crippen molar-refractivity contribution in [3.05, 3.63) is 12.2 Å². The van der Waals surface area contributed by atoms with Gasteiger partial charge in [-0.1, -0.05) is 45.6 Å². The zero-order valence-electron chi connectivity index (χ0n) is 23.4. The number of allylic oxidation sites excluding steroid dienone is 1. The van der Waals surface area contributed by atoms with E-state index in [0.717, 1.165) is 51.0 Å². The van der Waals surface area contributed by atoms with Crippen LogP contribution in [0.25, 0.3) is 0 Å². The third kappa shape index (κ3) is 10.7. The molecule has 1 aliphatic carbocycles. The molecular formula is C29H46F2O7. The van der Waals surface area contributed by atoms with Crippen LogP contribution >= 0.6 is 0 Å². The number of ketones is 1. The van der Waals surface area contributed by atoms with Crippen molar-refractivity contribution < 1.29 is 42.1 Å². The van der Waals surface area contributed by atoms with Crippen LogP contribution in [0.1, 0.15) is 97.8 Å². The van der Waals surface area contributed by atoms with Crippen LogP contribution in [0, 0.1) is 17.8 Å². The third-order valence-corrected chi connectivity index (χ3v) is 7.68. The molecule has 0 bridgehead atoms. The van der Waals surface area contributed by atoms with Crippen molar-refractivity contribution in [1.82, 2.24) is 0 Å². The van der Waals surface area contributed by atoms with Crippen LogP contribution in [0.2, 0.25) is 0 Å². The number of ether oxygens (including phenoxy) is 4. The number of carbonyl (C=O) groups is 3. The van der Waals surface area contributed by atoms with Gasteiger partial charge in [0.15, 0.2) is 6.29 Å². The molecule has 0 aromatic heterocycles. The third-order valence-electron chi connectivity index (χ3n) is 7.68. The highest BCUT2D eigenvalue weighted by atomic mass is 19.3. The van der Waals surface area contributed by atoms with E-state index < -0.39 is 42.6 Å². The summed E-state index contributed by atoms with van der Waals surface area (Å²) >= 11 is 0.